The molecule has 6 heteroatoms. The molecule has 0 aliphatic carbocycles. The molecule has 0 aromatic heterocycles. The Morgan fingerprint density at radius 2 is 2.00 bits per heavy atom. The molecule has 102 valence electrons. The first kappa shape index (κ1) is 14.0. The molecule has 0 bridgehead atoms. The fraction of sp³-hybridized carbons (Fsp3) is 0.462. The molecular weight excluding hydrogens is 266 g/mol. The fourth-order valence-corrected chi connectivity index (χ4v) is 2.78. The van der Waals surface area contributed by atoms with E-state index in [1.165, 1.54) is 12.1 Å². The number of nitrogens with zero attached hydrogens (tertiary/aromatic N) is 1. The Morgan fingerprint density at radius 1 is 1.37 bits per heavy atom. The van der Waals surface area contributed by atoms with Crippen LogP contribution in [0.25, 0.3) is 0 Å². The van der Waals surface area contributed by atoms with Gasteiger partial charge >= 0.3 is 0 Å². The molecule has 0 saturated carbocycles. The molecule has 0 atom stereocenters. The highest BCUT2D eigenvalue weighted by Gasteiger charge is 2.40. The van der Waals surface area contributed by atoms with E-state index >= 15 is 0 Å². The lowest BCUT2D eigenvalue weighted by Crippen LogP contribution is -2.46. The molecule has 1 aliphatic rings. The van der Waals surface area contributed by atoms with Crippen LogP contribution in [-0.4, -0.2) is 28.2 Å². The fourth-order valence-electron chi connectivity index (χ4n) is 1.77. The Hall–Kier alpha value is -1.42. The number of aryl methyl sites for hydroxylation is 1. The Bertz CT molecular complexity index is 582. The molecule has 0 spiro atoms. The molecule has 19 heavy (non-hydrogen) atoms. The van der Waals surface area contributed by atoms with Crippen molar-refractivity contribution in [2.24, 2.45) is 5.41 Å². The Morgan fingerprint density at radius 3 is 2.47 bits per heavy atom. The van der Waals surface area contributed by atoms with Crippen LogP contribution in [0.1, 0.15) is 12.0 Å². The molecule has 0 amide bonds. The van der Waals surface area contributed by atoms with Gasteiger partial charge in [0.25, 0.3) is 10.1 Å². The number of rotatable bonds is 5. The minimum absolute atomic E-state index is 0.0171. The first-order chi connectivity index (χ1) is 8.97. The van der Waals surface area contributed by atoms with Crippen molar-refractivity contribution in [2.75, 3.05) is 19.8 Å². The van der Waals surface area contributed by atoms with Gasteiger partial charge in [-0.15, -0.1) is 0 Å². The van der Waals surface area contributed by atoms with Crippen molar-refractivity contribution in [3.8, 4) is 6.07 Å². The molecule has 5 nitrogen and oxygen atoms in total. The van der Waals surface area contributed by atoms with Crippen LogP contribution in [0.2, 0.25) is 0 Å². The van der Waals surface area contributed by atoms with Gasteiger partial charge in [0.15, 0.2) is 0 Å². The van der Waals surface area contributed by atoms with Gasteiger partial charge in [0.05, 0.1) is 36.2 Å². The van der Waals surface area contributed by atoms with Crippen molar-refractivity contribution in [1.82, 2.24) is 0 Å². The highest BCUT2D eigenvalue weighted by atomic mass is 32.2. The zero-order valence-electron chi connectivity index (χ0n) is 10.6. The highest BCUT2D eigenvalue weighted by Crippen LogP contribution is 2.32. The lowest BCUT2D eigenvalue weighted by molar-refractivity contribution is -0.128. The summed E-state index contributed by atoms with van der Waals surface area (Å²) < 4.78 is 34.1. The van der Waals surface area contributed by atoms with Crippen LogP contribution >= 0.6 is 0 Å². The number of ether oxygens (including phenoxy) is 1. The standard InChI is InChI=1S/C13H15NO4S/c1-11-2-4-12(5-3-11)19(15,16)18-10-13(6-7-14)8-17-9-13/h2-5H,6,8-10H2,1H3. The number of hydrogen-bond acceptors (Lipinski definition) is 5. The normalized spacial score (nSPS) is 17.5. The van der Waals surface area contributed by atoms with E-state index in [-0.39, 0.29) is 17.9 Å². The van der Waals surface area contributed by atoms with Gasteiger partial charge in [-0.3, -0.25) is 4.18 Å². The second kappa shape index (κ2) is 5.29. The molecule has 1 aromatic carbocycles. The van der Waals surface area contributed by atoms with Gasteiger partial charge in [-0.2, -0.15) is 13.7 Å². The zero-order chi connectivity index (χ0) is 13.9. The van der Waals surface area contributed by atoms with E-state index in [9.17, 15) is 8.42 Å². The Labute approximate surface area is 112 Å². The van der Waals surface area contributed by atoms with Gasteiger partial charge in [-0.1, -0.05) is 17.7 Å². The Balaban J connectivity index is 2.06. The second-order valence-corrected chi connectivity index (χ2v) is 6.47. The molecule has 1 saturated heterocycles. The number of benzene rings is 1. The molecule has 1 aliphatic heterocycles. The maximum absolute atomic E-state index is 12.0. The lowest BCUT2D eigenvalue weighted by atomic mass is 9.84. The summed E-state index contributed by atoms with van der Waals surface area (Å²) in [7, 11) is -3.77. The van der Waals surface area contributed by atoms with E-state index in [2.05, 4.69) is 0 Å². The summed E-state index contributed by atoms with van der Waals surface area (Å²) in [4.78, 5) is 0.130. The molecular formula is C13H15NO4S. The number of hydrogen-bond donors (Lipinski definition) is 0. The summed E-state index contributed by atoms with van der Waals surface area (Å²) in [6, 6.07) is 8.50. The van der Waals surface area contributed by atoms with Crippen molar-refractivity contribution < 1.29 is 17.3 Å². The molecule has 0 unspecified atom stereocenters. The van der Waals surface area contributed by atoms with Crippen molar-refractivity contribution in [2.45, 2.75) is 18.2 Å². The van der Waals surface area contributed by atoms with Crippen LogP contribution in [0.4, 0.5) is 0 Å². The minimum atomic E-state index is -3.77. The van der Waals surface area contributed by atoms with Crippen molar-refractivity contribution in [1.29, 1.82) is 5.26 Å². The molecule has 0 N–H and O–H groups in total. The van der Waals surface area contributed by atoms with Gasteiger partial charge in [-0.05, 0) is 19.1 Å². The average Bonchev–Trinajstić information content (AvgIpc) is 2.33. The predicted molar refractivity (Wildman–Crippen MR) is 67.8 cm³/mol. The van der Waals surface area contributed by atoms with Crippen molar-refractivity contribution in [3.05, 3.63) is 29.8 Å². The number of nitriles is 1. The second-order valence-electron chi connectivity index (χ2n) is 4.86. The van der Waals surface area contributed by atoms with Crippen molar-refractivity contribution >= 4 is 10.1 Å². The van der Waals surface area contributed by atoms with Crippen LogP contribution in [0.5, 0.6) is 0 Å². The van der Waals surface area contributed by atoms with Crippen LogP contribution in [0, 0.1) is 23.7 Å². The molecule has 1 heterocycles. The largest absolute Gasteiger partial charge is 0.380 e. The lowest BCUT2D eigenvalue weighted by Gasteiger charge is -2.38. The van der Waals surface area contributed by atoms with E-state index in [1.54, 1.807) is 12.1 Å². The SMILES string of the molecule is Cc1ccc(S(=O)(=O)OCC2(CC#N)COC2)cc1. The third-order valence-corrected chi connectivity index (χ3v) is 4.38. The van der Waals surface area contributed by atoms with E-state index in [0.717, 1.165) is 5.56 Å². The molecule has 0 radical (unpaired) electrons. The summed E-state index contributed by atoms with van der Waals surface area (Å²) in [6.45, 7) is 2.59. The quantitative estimate of drug-likeness (QED) is 0.767. The predicted octanol–water partition coefficient (Wildman–Crippen LogP) is 1.63. The van der Waals surface area contributed by atoms with E-state index in [0.29, 0.717) is 13.2 Å². The van der Waals surface area contributed by atoms with Crippen LogP contribution in [0.15, 0.2) is 29.2 Å². The van der Waals surface area contributed by atoms with Gasteiger partial charge in [0, 0.05) is 6.42 Å². The third-order valence-electron chi connectivity index (χ3n) is 3.10. The van der Waals surface area contributed by atoms with E-state index in [1.807, 2.05) is 13.0 Å². The third kappa shape index (κ3) is 3.13. The first-order valence-electron chi connectivity index (χ1n) is 5.88. The maximum atomic E-state index is 12.0. The Kier molecular flexibility index (Phi) is 3.90. The molecule has 1 aromatic rings. The van der Waals surface area contributed by atoms with Gasteiger partial charge in [0.2, 0.25) is 0 Å². The maximum Gasteiger partial charge on any atom is 0.296 e. The van der Waals surface area contributed by atoms with E-state index < -0.39 is 15.5 Å². The van der Waals surface area contributed by atoms with Gasteiger partial charge < -0.3 is 4.74 Å². The van der Waals surface area contributed by atoms with Gasteiger partial charge in [0.1, 0.15) is 0 Å². The summed E-state index contributed by atoms with van der Waals surface area (Å²) in [5, 5.41) is 8.73. The van der Waals surface area contributed by atoms with Gasteiger partial charge in [-0.25, -0.2) is 0 Å². The summed E-state index contributed by atoms with van der Waals surface area (Å²) >= 11 is 0. The zero-order valence-corrected chi connectivity index (χ0v) is 11.4. The van der Waals surface area contributed by atoms with Crippen LogP contribution in [-0.2, 0) is 19.0 Å². The summed E-state index contributed by atoms with van der Waals surface area (Å²) in [5.74, 6) is 0. The van der Waals surface area contributed by atoms with Crippen LogP contribution in [0.3, 0.4) is 0 Å². The highest BCUT2D eigenvalue weighted by molar-refractivity contribution is 7.86. The van der Waals surface area contributed by atoms with Crippen LogP contribution < -0.4 is 0 Å². The van der Waals surface area contributed by atoms with Crippen molar-refractivity contribution in [3.63, 3.8) is 0 Å². The monoisotopic (exact) mass is 281 g/mol. The first-order valence-corrected chi connectivity index (χ1v) is 7.29. The average molecular weight is 281 g/mol. The smallest absolute Gasteiger partial charge is 0.296 e. The molecule has 2 rings (SSSR count). The summed E-state index contributed by atoms with van der Waals surface area (Å²) in [6.07, 6.45) is 0.233. The van der Waals surface area contributed by atoms with E-state index in [4.69, 9.17) is 14.2 Å². The minimum Gasteiger partial charge on any atom is -0.380 e. The summed E-state index contributed by atoms with van der Waals surface area (Å²) in [5.41, 5.74) is 0.499. The molecule has 1 fully saturated rings. The topological polar surface area (TPSA) is 76.4 Å².